The van der Waals surface area contributed by atoms with Crippen molar-refractivity contribution in [2.45, 2.75) is 38.0 Å². The Morgan fingerprint density at radius 2 is 1.80 bits per heavy atom. The number of amides is 1. The maximum Gasteiger partial charge on any atom is 0.227 e. The fourth-order valence-corrected chi connectivity index (χ4v) is 4.86. The number of carbonyl (C=O) groups excluding carboxylic acids is 1. The van der Waals surface area contributed by atoms with Crippen molar-refractivity contribution in [2.75, 3.05) is 25.4 Å². The number of carbonyl (C=O) groups is 1. The first kappa shape index (κ1) is 18.3. The topological polar surface area (TPSA) is 66.5 Å². The van der Waals surface area contributed by atoms with E-state index < -0.39 is 10.0 Å². The van der Waals surface area contributed by atoms with Crippen molar-refractivity contribution in [3.05, 3.63) is 35.6 Å². The normalized spacial score (nSPS) is 20.2. The zero-order valence-corrected chi connectivity index (χ0v) is 15.1. The Bertz CT molecular complexity index is 696. The quantitative estimate of drug-likeness (QED) is 0.803. The van der Waals surface area contributed by atoms with Gasteiger partial charge in [0.05, 0.1) is 11.7 Å². The van der Waals surface area contributed by atoms with Crippen LogP contribution in [0.15, 0.2) is 24.3 Å². The van der Waals surface area contributed by atoms with E-state index in [-0.39, 0.29) is 35.9 Å². The highest BCUT2D eigenvalue weighted by Crippen LogP contribution is 2.42. The number of sulfonamides is 1. The highest BCUT2D eigenvalue weighted by Gasteiger charge is 2.37. The highest BCUT2D eigenvalue weighted by atomic mass is 32.2. The number of hydrogen-bond donors (Lipinski definition) is 1. The van der Waals surface area contributed by atoms with Gasteiger partial charge in [-0.05, 0) is 49.3 Å². The Morgan fingerprint density at radius 1 is 1.16 bits per heavy atom. The van der Waals surface area contributed by atoms with Gasteiger partial charge in [0.25, 0.3) is 0 Å². The second kappa shape index (κ2) is 7.83. The molecule has 2 fully saturated rings. The molecule has 1 heterocycles. The van der Waals surface area contributed by atoms with Crippen LogP contribution in [0.25, 0.3) is 0 Å². The van der Waals surface area contributed by atoms with Crippen LogP contribution in [0, 0.1) is 11.7 Å². The zero-order valence-electron chi connectivity index (χ0n) is 14.3. The Hall–Kier alpha value is -1.47. The molecule has 25 heavy (non-hydrogen) atoms. The first-order chi connectivity index (χ1) is 12.0. The number of nitrogens with zero attached hydrogens (tertiary/aromatic N) is 1. The molecule has 1 aromatic rings. The fraction of sp³-hybridized carbons (Fsp3) is 0.611. The molecule has 1 aliphatic carbocycles. The molecule has 0 radical (unpaired) electrons. The fourth-order valence-electron chi connectivity index (χ4n) is 3.42. The lowest BCUT2D eigenvalue weighted by Crippen LogP contribution is -2.41. The summed E-state index contributed by atoms with van der Waals surface area (Å²) in [6.45, 7) is 1.27. The van der Waals surface area contributed by atoms with Crippen LogP contribution in [-0.2, 0) is 14.8 Å². The summed E-state index contributed by atoms with van der Waals surface area (Å²) in [6, 6.07) is 6.00. The van der Waals surface area contributed by atoms with E-state index in [0.29, 0.717) is 13.1 Å². The van der Waals surface area contributed by atoms with E-state index in [0.717, 1.165) is 37.7 Å². The van der Waals surface area contributed by atoms with E-state index in [1.165, 1.54) is 16.4 Å². The molecular formula is C18H25FN2O3S. The summed E-state index contributed by atoms with van der Waals surface area (Å²) in [6.07, 6.45) is 4.83. The van der Waals surface area contributed by atoms with Crippen molar-refractivity contribution in [1.82, 2.24) is 9.62 Å². The molecule has 138 valence electrons. The van der Waals surface area contributed by atoms with Crippen molar-refractivity contribution in [3.63, 3.8) is 0 Å². The van der Waals surface area contributed by atoms with Gasteiger partial charge in [0, 0.05) is 19.6 Å². The Kier molecular flexibility index (Phi) is 5.74. The Labute approximate surface area is 148 Å². The third-order valence-corrected chi connectivity index (χ3v) is 6.84. The van der Waals surface area contributed by atoms with E-state index in [4.69, 9.17) is 0 Å². The van der Waals surface area contributed by atoms with Crippen LogP contribution in [0.2, 0.25) is 0 Å². The first-order valence-corrected chi connectivity index (χ1v) is 10.6. The van der Waals surface area contributed by atoms with Gasteiger partial charge >= 0.3 is 0 Å². The molecule has 1 aliphatic heterocycles. The van der Waals surface area contributed by atoms with E-state index in [1.54, 1.807) is 12.1 Å². The second-order valence-corrected chi connectivity index (χ2v) is 9.02. The minimum atomic E-state index is -3.31. The number of halogens is 1. The number of hydrogen-bond acceptors (Lipinski definition) is 3. The monoisotopic (exact) mass is 368 g/mol. The van der Waals surface area contributed by atoms with Crippen molar-refractivity contribution in [3.8, 4) is 0 Å². The molecule has 1 amide bonds. The molecule has 1 aromatic carbocycles. The molecule has 1 unspecified atom stereocenters. The molecule has 1 atom stereocenters. The van der Waals surface area contributed by atoms with E-state index in [9.17, 15) is 17.6 Å². The molecule has 1 N–H and O–H groups in total. The summed E-state index contributed by atoms with van der Waals surface area (Å²) < 4.78 is 39.3. The van der Waals surface area contributed by atoms with Crippen molar-refractivity contribution < 1.29 is 17.6 Å². The molecule has 2 aliphatic rings. The first-order valence-electron chi connectivity index (χ1n) is 8.98. The standard InChI is InChI=1S/C18H25FN2O3S/c19-16-8-6-15(7-9-16)17(14-4-5-14)18(22)20-10-13-25(23,24)21-11-2-1-3-12-21/h6-9,14,17H,1-5,10-13H2,(H,20,22). The van der Waals surface area contributed by atoms with Crippen molar-refractivity contribution in [2.24, 2.45) is 5.92 Å². The molecule has 1 saturated carbocycles. The second-order valence-electron chi connectivity index (χ2n) is 6.93. The Morgan fingerprint density at radius 3 is 2.40 bits per heavy atom. The molecule has 1 saturated heterocycles. The van der Waals surface area contributed by atoms with Crippen molar-refractivity contribution >= 4 is 15.9 Å². The molecule has 7 heteroatoms. The van der Waals surface area contributed by atoms with Crippen LogP contribution >= 0.6 is 0 Å². The predicted molar refractivity (Wildman–Crippen MR) is 94.1 cm³/mol. The summed E-state index contributed by atoms with van der Waals surface area (Å²) in [5.74, 6) is -0.615. The average molecular weight is 368 g/mol. The molecule has 0 aromatic heterocycles. The van der Waals surface area contributed by atoms with Gasteiger partial charge in [-0.2, -0.15) is 0 Å². The van der Waals surface area contributed by atoms with Crippen molar-refractivity contribution in [1.29, 1.82) is 0 Å². The predicted octanol–water partition coefficient (Wildman–Crippen LogP) is 2.25. The van der Waals surface area contributed by atoms with Crippen LogP contribution < -0.4 is 5.32 Å². The van der Waals surface area contributed by atoms with E-state index in [2.05, 4.69) is 5.32 Å². The molecule has 3 rings (SSSR count). The van der Waals surface area contributed by atoms with E-state index >= 15 is 0 Å². The number of rotatable bonds is 7. The Balaban J connectivity index is 1.56. The van der Waals surface area contributed by atoms with Gasteiger partial charge in [0.15, 0.2) is 0 Å². The lowest BCUT2D eigenvalue weighted by Gasteiger charge is -2.26. The maximum atomic E-state index is 13.1. The third-order valence-electron chi connectivity index (χ3n) is 4.97. The van der Waals surface area contributed by atoms with Crippen LogP contribution in [0.1, 0.15) is 43.6 Å². The largest absolute Gasteiger partial charge is 0.354 e. The van der Waals surface area contributed by atoms with Crippen LogP contribution in [0.5, 0.6) is 0 Å². The van der Waals surface area contributed by atoms with Gasteiger partial charge in [-0.15, -0.1) is 0 Å². The average Bonchev–Trinajstić information content (AvgIpc) is 3.42. The SMILES string of the molecule is O=C(NCCS(=O)(=O)N1CCCCC1)C(c1ccc(F)cc1)C1CC1. The van der Waals surface area contributed by atoms with Gasteiger partial charge in [0.1, 0.15) is 5.82 Å². The smallest absolute Gasteiger partial charge is 0.227 e. The lowest BCUT2D eigenvalue weighted by molar-refractivity contribution is -0.122. The van der Waals surface area contributed by atoms with Gasteiger partial charge in [-0.1, -0.05) is 18.6 Å². The number of nitrogens with one attached hydrogen (secondary N) is 1. The molecule has 0 spiro atoms. The summed E-state index contributed by atoms with van der Waals surface area (Å²) in [4.78, 5) is 12.6. The minimum absolute atomic E-state index is 0.0699. The van der Waals surface area contributed by atoms with Crippen LogP contribution in [0.4, 0.5) is 4.39 Å². The zero-order chi connectivity index (χ0) is 17.9. The van der Waals surface area contributed by atoms with Gasteiger partial charge in [-0.3, -0.25) is 4.79 Å². The van der Waals surface area contributed by atoms with E-state index in [1.807, 2.05) is 0 Å². The summed E-state index contributed by atoms with van der Waals surface area (Å²) in [5.41, 5.74) is 0.792. The van der Waals surface area contributed by atoms with Gasteiger partial charge in [0.2, 0.25) is 15.9 Å². The minimum Gasteiger partial charge on any atom is -0.354 e. The number of benzene rings is 1. The molecular weight excluding hydrogens is 343 g/mol. The summed E-state index contributed by atoms with van der Waals surface area (Å²) in [7, 11) is -3.31. The lowest BCUT2D eigenvalue weighted by atomic mass is 9.93. The number of piperidine rings is 1. The van der Waals surface area contributed by atoms with Gasteiger partial charge < -0.3 is 5.32 Å². The third kappa shape index (κ3) is 4.79. The summed E-state index contributed by atoms with van der Waals surface area (Å²) in [5, 5.41) is 2.77. The summed E-state index contributed by atoms with van der Waals surface area (Å²) >= 11 is 0. The van der Waals surface area contributed by atoms with Crippen LogP contribution in [0.3, 0.4) is 0 Å². The maximum absolute atomic E-state index is 13.1. The highest BCUT2D eigenvalue weighted by molar-refractivity contribution is 7.89. The molecule has 0 bridgehead atoms. The molecule has 5 nitrogen and oxygen atoms in total. The van der Waals surface area contributed by atoms with Crippen LogP contribution in [-0.4, -0.2) is 44.0 Å². The van der Waals surface area contributed by atoms with Gasteiger partial charge in [-0.25, -0.2) is 17.1 Å².